The lowest BCUT2D eigenvalue weighted by atomic mass is 9.81. The van der Waals surface area contributed by atoms with E-state index in [0.29, 0.717) is 68.7 Å². The Kier molecular flexibility index (Phi) is 17.5. The largest absolute Gasteiger partial charge is 0.408 e. The molecule has 5 aliphatic heterocycles. The molecule has 0 saturated carbocycles. The van der Waals surface area contributed by atoms with Crippen molar-refractivity contribution in [3.8, 4) is 0 Å². The minimum Gasteiger partial charge on any atom is -0.408 e. The number of rotatable bonds is 19. The summed E-state index contributed by atoms with van der Waals surface area (Å²) < 4.78 is 81.2. The Balaban J connectivity index is 1.18. The van der Waals surface area contributed by atoms with Crippen molar-refractivity contribution in [3.05, 3.63) is 84.4 Å². The van der Waals surface area contributed by atoms with Crippen molar-refractivity contribution in [3.63, 3.8) is 0 Å². The summed E-state index contributed by atoms with van der Waals surface area (Å²) in [7, 11) is -0.822. The number of methoxy groups -OCH3 is 1. The molecule has 0 N–H and O–H groups in total. The van der Waals surface area contributed by atoms with Crippen LogP contribution in [-0.4, -0.2) is 120 Å². The normalized spacial score (nSPS) is 35.4. The fourth-order valence-electron chi connectivity index (χ4n) is 11.6. The summed E-state index contributed by atoms with van der Waals surface area (Å²) in [6, 6.07) is 20.4. The van der Waals surface area contributed by atoms with E-state index in [1.54, 1.807) is 7.11 Å². The summed E-state index contributed by atoms with van der Waals surface area (Å²) in [5.74, 6) is -0.360. The molecule has 13 heteroatoms. The van der Waals surface area contributed by atoms with Gasteiger partial charge in [0.1, 0.15) is 30.7 Å². The van der Waals surface area contributed by atoms with Gasteiger partial charge >= 0.3 is 0 Å². The third-order valence-electron chi connectivity index (χ3n) is 15.1. The lowest BCUT2D eigenvalue weighted by Crippen LogP contribution is -2.68. The smallest absolute Gasteiger partial charge is 0.201 e. The maximum atomic E-state index is 7.68. The van der Waals surface area contributed by atoms with E-state index >= 15 is 0 Å². The molecule has 5 fully saturated rings. The number of fused-ring (bicyclic) bond motifs is 2. The Morgan fingerprint density at radius 1 is 0.773 bits per heavy atom. The van der Waals surface area contributed by atoms with Crippen LogP contribution in [-0.2, 0) is 69.7 Å². The quantitative estimate of drug-likeness (QED) is 0.0760. The second kappa shape index (κ2) is 22.3. The average molecular weight is 939 g/mol. The molecule has 0 spiro atoms. The molecular weight excluding hydrogens is 857 g/mol. The van der Waals surface area contributed by atoms with E-state index < -0.39 is 56.0 Å². The van der Waals surface area contributed by atoms with Crippen molar-refractivity contribution in [2.45, 2.75) is 209 Å². The van der Waals surface area contributed by atoms with E-state index in [-0.39, 0.29) is 49.8 Å². The first-order valence-corrected chi connectivity index (χ1v) is 26.9. The van der Waals surface area contributed by atoms with Crippen molar-refractivity contribution in [1.82, 2.24) is 0 Å². The molecule has 5 heterocycles. The van der Waals surface area contributed by atoms with E-state index in [4.69, 9.17) is 56.5 Å². The fraction of sp³-hybridized carbons (Fsp3) is 0.736. The molecule has 5 aliphatic rings. The predicted octanol–water partition coefficient (Wildman–Crippen LogP) is 10.1. The van der Waals surface area contributed by atoms with Gasteiger partial charge in [0.25, 0.3) is 0 Å². The summed E-state index contributed by atoms with van der Waals surface area (Å²) in [5.41, 5.74) is 1.32. The predicted molar refractivity (Wildman–Crippen MR) is 255 cm³/mol. The highest BCUT2D eigenvalue weighted by atomic mass is 28.4. The van der Waals surface area contributed by atoms with Crippen molar-refractivity contribution < 1.29 is 56.5 Å². The second-order valence-corrected chi connectivity index (χ2v) is 26.7. The van der Waals surface area contributed by atoms with Gasteiger partial charge in [-0.15, -0.1) is 6.58 Å². The van der Waals surface area contributed by atoms with Gasteiger partial charge in [0.2, 0.25) is 8.32 Å². The zero-order chi connectivity index (χ0) is 47.3. The zero-order valence-electron chi connectivity index (χ0n) is 41.8. The molecule has 12 atom stereocenters. The molecule has 0 radical (unpaired) electrons. The standard InChI is InChI=1S/C53H82O12Si/c1-13-42-43(24-25-52(10)47(62-42)28-45-48(64-52)44(57-34-54-12)27-41(61-45)26-40-31-58-51(8,9)59-32-40)63-49-46(65-66(35(2)3,36(4)5)37(6)7)33-56-50(55-29-38-20-16-14-17-21-38)53(49,11)60-30-39-22-18-15-19-23-39/h13-23,35-37,40-50H,1,24-34H2,2-12H3/t41-,42-,43+,44+,45-,46-,47+,48+,49-,50-,52-,53-/m1/s1. The highest BCUT2D eigenvalue weighted by Gasteiger charge is 2.59. The summed E-state index contributed by atoms with van der Waals surface area (Å²) in [5, 5.41) is 0. The van der Waals surface area contributed by atoms with E-state index in [1.165, 1.54) is 0 Å². The van der Waals surface area contributed by atoms with Gasteiger partial charge in [0, 0.05) is 25.9 Å². The Hall–Kier alpha value is -2.08. The van der Waals surface area contributed by atoms with Crippen LogP contribution in [0, 0.1) is 5.92 Å². The summed E-state index contributed by atoms with van der Waals surface area (Å²) >= 11 is 0. The highest BCUT2D eigenvalue weighted by molar-refractivity contribution is 6.77. The van der Waals surface area contributed by atoms with Gasteiger partial charge in [-0.3, -0.25) is 0 Å². The van der Waals surface area contributed by atoms with E-state index in [1.807, 2.05) is 56.3 Å². The second-order valence-electron chi connectivity index (χ2n) is 21.3. The van der Waals surface area contributed by atoms with Crippen LogP contribution in [0.2, 0.25) is 16.6 Å². The van der Waals surface area contributed by atoms with Crippen LogP contribution >= 0.6 is 0 Å². The SMILES string of the molecule is C=C[C@H]1O[C@H]2C[C@H]3O[C@H](CC4COC(C)(C)OC4)C[C@H](OCOC)[C@@H]3O[C@]2(C)CC[C@@H]1O[C@@H]1[C@H](O[Si](C(C)C)(C(C)C)C(C)C)CO[C@@H](OCc2ccccc2)[C@]1(C)OCc1ccccc1. The van der Waals surface area contributed by atoms with Crippen LogP contribution in [0.4, 0.5) is 0 Å². The van der Waals surface area contributed by atoms with Crippen LogP contribution < -0.4 is 0 Å². The van der Waals surface area contributed by atoms with Crippen LogP contribution in [0.1, 0.15) is 112 Å². The molecule has 12 nitrogen and oxygen atoms in total. The van der Waals surface area contributed by atoms with Crippen molar-refractivity contribution in [2.75, 3.05) is 33.7 Å². The molecule has 66 heavy (non-hydrogen) atoms. The van der Waals surface area contributed by atoms with Gasteiger partial charge in [-0.25, -0.2) is 0 Å². The number of hydrogen-bond acceptors (Lipinski definition) is 12. The maximum Gasteiger partial charge on any atom is 0.201 e. The highest BCUT2D eigenvalue weighted by Crippen LogP contribution is 2.49. The van der Waals surface area contributed by atoms with Gasteiger partial charge in [-0.05, 0) is 74.7 Å². The first kappa shape index (κ1) is 51.8. The Labute approximate surface area is 397 Å². The molecule has 0 aromatic heterocycles. The van der Waals surface area contributed by atoms with Gasteiger partial charge < -0.3 is 56.5 Å². The van der Waals surface area contributed by atoms with Gasteiger partial charge in [0.15, 0.2) is 12.1 Å². The van der Waals surface area contributed by atoms with Crippen LogP contribution in [0.5, 0.6) is 0 Å². The van der Waals surface area contributed by atoms with Crippen LogP contribution in [0.3, 0.4) is 0 Å². The molecule has 0 bridgehead atoms. The van der Waals surface area contributed by atoms with Gasteiger partial charge in [-0.1, -0.05) is 108 Å². The Bertz CT molecular complexity index is 1770. The first-order chi connectivity index (χ1) is 31.5. The van der Waals surface area contributed by atoms with Gasteiger partial charge in [-0.2, -0.15) is 0 Å². The lowest BCUT2D eigenvalue weighted by molar-refractivity contribution is -0.341. The average Bonchev–Trinajstić information content (AvgIpc) is 3.42. The summed E-state index contributed by atoms with van der Waals surface area (Å²) in [4.78, 5) is 0. The van der Waals surface area contributed by atoms with Crippen LogP contribution in [0.15, 0.2) is 73.3 Å². The Morgan fingerprint density at radius 3 is 2.02 bits per heavy atom. The first-order valence-electron chi connectivity index (χ1n) is 24.8. The van der Waals surface area contributed by atoms with Crippen molar-refractivity contribution >= 4 is 8.32 Å². The van der Waals surface area contributed by atoms with E-state index in [0.717, 1.165) is 17.5 Å². The number of hydrogen-bond donors (Lipinski definition) is 0. The summed E-state index contributed by atoms with van der Waals surface area (Å²) in [6.45, 7) is 28.7. The Morgan fingerprint density at radius 2 is 1.41 bits per heavy atom. The molecule has 0 unspecified atom stereocenters. The topological polar surface area (TPSA) is 111 Å². The number of ether oxygens (including phenoxy) is 11. The van der Waals surface area contributed by atoms with Crippen LogP contribution in [0.25, 0.3) is 0 Å². The van der Waals surface area contributed by atoms with E-state index in [2.05, 4.69) is 86.2 Å². The molecule has 2 aromatic carbocycles. The summed E-state index contributed by atoms with van der Waals surface area (Å²) in [6.07, 6.45) is 1.45. The minimum atomic E-state index is -2.48. The lowest BCUT2D eigenvalue weighted by Gasteiger charge is -2.53. The fourth-order valence-corrected chi connectivity index (χ4v) is 17.1. The number of benzene rings is 2. The van der Waals surface area contributed by atoms with Crippen molar-refractivity contribution in [1.29, 1.82) is 0 Å². The van der Waals surface area contributed by atoms with Gasteiger partial charge in [0.05, 0.1) is 75.3 Å². The minimum absolute atomic E-state index is 0.0641. The third-order valence-corrected chi connectivity index (χ3v) is 21.2. The third kappa shape index (κ3) is 11.7. The van der Waals surface area contributed by atoms with Crippen molar-refractivity contribution in [2.24, 2.45) is 5.92 Å². The molecule has 0 amide bonds. The zero-order valence-corrected chi connectivity index (χ0v) is 42.8. The molecule has 2 aromatic rings. The molecule has 370 valence electrons. The molecular formula is C53H82O12Si. The maximum absolute atomic E-state index is 7.68. The molecule has 7 rings (SSSR count). The molecule has 0 aliphatic carbocycles. The monoisotopic (exact) mass is 939 g/mol. The molecule has 5 saturated heterocycles. The van der Waals surface area contributed by atoms with E-state index in [9.17, 15) is 0 Å².